The Morgan fingerprint density at radius 1 is 1.44 bits per heavy atom. The number of aryl methyl sites for hydroxylation is 1. The van der Waals surface area contributed by atoms with Crippen molar-refractivity contribution < 1.29 is 9.53 Å². The molecule has 0 spiro atoms. The number of cyclic esters (lactones) is 1. The molecule has 1 aromatic carbocycles. The Kier molecular flexibility index (Phi) is 3.11. The first kappa shape index (κ1) is 12.2. The molecule has 1 atom stereocenters. The molecule has 1 aliphatic rings. The molecular formula is C13H11BN2O2. The van der Waals surface area contributed by atoms with Gasteiger partial charge in [-0.05, 0) is 19.1 Å². The van der Waals surface area contributed by atoms with E-state index < -0.39 is 11.5 Å². The maximum absolute atomic E-state index is 11.3. The van der Waals surface area contributed by atoms with E-state index in [4.69, 9.17) is 17.8 Å². The van der Waals surface area contributed by atoms with Crippen molar-refractivity contribution >= 4 is 19.5 Å². The van der Waals surface area contributed by atoms with Crippen LogP contribution in [0.4, 0.5) is 5.69 Å². The summed E-state index contributed by atoms with van der Waals surface area (Å²) in [5.74, 6) is -0.539. The van der Waals surface area contributed by atoms with Crippen LogP contribution in [0.2, 0.25) is 0 Å². The molecule has 0 amide bonds. The van der Waals surface area contributed by atoms with Crippen molar-refractivity contribution in [1.82, 2.24) is 0 Å². The molecule has 0 saturated heterocycles. The van der Waals surface area contributed by atoms with Crippen molar-refractivity contribution in [2.45, 2.75) is 18.8 Å². The van der Waals surface area contributed by atoms with Crippen molar-refractivity contribution in [3.05, 3.63) is 41.6 Å². The van der Waals surface area contributed by atoms with Crippen molar-refractivity contribution in [2.75, 3.05) is 5.32 Å². The number of nitriles is 1. The number of esters is 1. The number of carbonyl (C=O) groups excluding carboxylic acids is 1. The van der Waals surface area contributed by atoms with Gasteiger partial charge in [0.2, 0.25) is 0 Å². The van der Waals surface area contributed by atoms with E-state index in [1.165, 1.54) is 6.08 Å². The highest BCUT2D eigenvalue weighted by Crippen LogP contribution is 2.29. The molecule has 1 unspecified atom stereocenters. The molecule has 1 aliphatic heterocycles. The van der Waals surface area contributed by atoms with Crippen molar-refractivity contribution in [2.24, 2.45) is 0 Å². The van der Waals surface area contributed by atoms with E-state index in [0.29, 0.717) is 5.70 Å². The maximum Gasteiger partial charge on any atom is 0.332 e. The van der Waals surface area contributed by atoms with Gasteiger partial charge in [-0.1, -0.05) is 17.7 Å². The lowest BCUT2D eigenvalue weighted by molar-refractivity contribution is -0.140. The third-order valence-electron chi connectivity index (χ3n) is 2.67. The topological polar surface area (TPSA) is 62.1 Å². The number of hydrogen-bond donors (Lipinski definition) is 1. The Balaban J connectivity index is 2.22. The van der Waals surface area contributed by atoms with Gasteiger partial charge in [0.05, 0.1) is 18.2 Å². The molecule has 18 heavy (non-hydrogen) atoms. The van der Waals surface area contributed by atoms with Crippen LogP contribution in [-0.4, -0.2) is 19.3 Å². The number of nitrogens with zero attached hydrogens (tertiary/aromatic N) is 1. The zero-order valence-electron chi connectivity index (χ0n) is 9.93. The predicted octanol–water partition coefficient (Wildman–Crippen LogP) is 1.63. The fraction of sp³-hybridized carbons (Fsp3) is 0.231. The van der Waals surface area contributed by atoms with Crippen LogP contribution in [-0.2, 0) is 9.53 Å². The Morgan fingerprint density at radius 3 is 2.72 bits per heavy atom. The number of anilines is 1. The molecule has 2 rings (SSSR count). The molecule has 88 valence electrons. The standard InChI is InChI=1S/C13H11BN2O2/c1-9-2-4-10(5-3-9)16-11-8-12(17)18-13(11,14)6-7-15/h2-5,8,16H,6H2,1H3. The van der Waals surface area contributed by atoms with Crippen LogP contribution < -0.4 is 5.32 Å². The number of ether oxygens (including phenoxy) is 1. The molecule has 1 heterocycles. The summed E-state index contributed by atoms with van der Waals surface area (Å²) < 4.78 is 4.96. The average Bonchev–Trinajstić information content (AvgIpc) is 2.57. The average molecular weight is 238 g/mol. The molecule has 0 aliphatic carbocycles. The molecule has 0 aromatic heterocycles. The molecular weight excluding hydrogens is 227 g/mol. The molecule has 2 radical (unpaired) electrons. The summed E-state index contributed by atoms with van der Waals surface area (Å²) >= 11 is 0. The van der Waals surface area contributed by atoms with E-state index in [2.05, 4.69) is 5.32 Å². The molecule has 5 heteroatoms. The fourth-order valence-corrected chi connectivity index (χ4v) is 1.69. The number of nitrogens with one attached hydrogen (secondary N) is 1. The van der Waals surface area contributed by atoms with Gasteiger partial charge >= 0.3 is 5.97 Å². The smallest absolute Gasteiger partial charge is 0.332 e. The quantitative estimate of drug-likeness (QED) is 0.642. The second-order valence-corrected chi connectivity index (χ2v) is 4.19. The Hall–Kier alpha value is -2.22. The monoisotopic (exact) mass is 238 g/mol. The van der Waals surface area contributed by atoms with Gasteiger partial charge in [0.25, 0.3) is 0 Å². The van der Waals surface area contributed by atoms with Crippen LogP contribution in [0.5, 0.6) is 0 Å². The van der Waals surface area contributed by atoms with Crippen LogP contribution in [0, 0.1) is 18.3 Å². The first-order valence-electron chi connectivity index (χ1n) is 5.48. The lowest BCUT2D eigenvalue weighted by atomic mass is 9.76. The first-order valence-corrected chi connectivity index (χ1v) is 5.48. The number of carbonyl (C=O) groups is 1. The van der Waals surface area contributed by atoms with Crippen LogP contribution in [0.15, 0.2) is 36.0 Å². The summed E-state index contributed by atoms with van der Waals surface area (Å²) in [6, 6.07) is 9.51. The number of hydrogen-bond acceptors (Lipinski definition) is 4. The van der Waals surface area contributed by atoms with E-state index in [-0.39, 0.29) is 6.42 Å². The lowest BCUT2D eigenvalue weighted by Gasteiger charge is -2.25. The molecule has 0 fully saturated rings. The van der Waals surface area contributed by atoms with E-state index in [1.807, 2.05) is 37.3 Å². The van der Waals surface area contributed by atoms with E-state index in [1.54, 1.807) is 0 Å². The first-order chi connectivity index (χ1) is 8.53. The predicted molar refractivity (Wildman–Crippen MR) is 67.7 cm³/mol. The largest absolute Gasteiger partial charge is 0.459 e. The van der Waals surface area contributed by atoms with Gasteiger partial charge < -0.3 is 10.1 Å². The lowest BCUT2D eigenvalue weighted by Crippen LogP contribution is -2.35. The SMILES string of the molecule is [B]C1(CC#N)OC(=O)C=C1Nc1ccc(C)cc1. The zero-order chi connectivity index (χ0) is 13.2. The van der Waals surface area contributed by atoms with Crippen LogP contribution >= 0.6 is 0 Å². The Morgan fingerprint density at radius 2 is 2.11 bits per heavy atom. The normalized spacial score (nSPS) is 22.0. The highest BCUT2D eigenvalue weighted by atomic mass is 16.6. The highest BCUT2D eigenvalue weighted by Gasteiger charge is 2.38. The van der Waals surface area contributed by atoms with E-state index >= 15 is 0 Å². The van der Waals surface area contributed by atoms with Gasteiger partial charge in [0.15, 0.2) is 0 Å². The van der Waals surface area contributed by atoms with Crippen LogP contribution in [0.1, 0.15) is 12.0 Å². The Labute approximate surface area is 107 Å². The molecule has 4 nitrogen and oxygen atoms in total. The van der Waals surface area contributed by atoms with Gasteiger partial charge in [0.1, 0.15) is 13.3 Å². The van der Waals surface area contributed by atoms with E-state index in [0.717, 1.165) is 11.3 Å². The maximum atomic E-state index is 11.3. The third-order valence-corrected chi connectivity index (χ3v) is 2.67. The minimum Gasteiger partial charge on any atom is -0.459 e. The summed E-state index contributed by atoms with van der Waals surface area (Å²) in [4.78, 5) is 11.3. The van der Waals surface area contributed by atoms with Gasteiger partial charge in [-0.3, -0.25) is 0 Å². The summed E-state index contributed by atoms with van der Waals surface area (Å²) in [6.07, 6.45) is 1.18. The molecule has 0 saturated carbocycles. The van der Waals surface area contributed by atoms with Crippen molar-refractivity contribution in [3.8, 4) is 6.07 Å². The van der Waals surface area contributed by atoms with Gasteiger partial charge in [-0.2, -0.15) is 5.26 Å². The third kappa shape index (κ3) is 2.38. The van der Waals surface area contributed by atoms with Gasteiger partial charge in [-0.15, -0.1) is 0 Å². The second kappa shape index (κ2) is 4.57. The number of benzene rings is 1. The summed E-state index contributed by atoms with van der Waals surface area (Å²) in [6.45, 7) is 1.98. The van der Waals surface area contributed by atoms with Crippen molar-refractivity contribution in [3.63, 3.8) is 0 Å². The van der Waals surface area contributed by atoms with E-state index in [9.17, 15) is 4.79 Å². The van der Waals surface area contributed by atoms with Crippen LogP contribution in [0.3, 0.4) is 0 Å². The summed E-state index contributed by atoms with van der Waals surface area (Å²) in [7, 11) is 5.89. The Bertz CT molecular complexity index is 545. The zero-order valence-corrected chi connectivity index (χ0v) is 9.93. The molecule has 1 aromatic rings. The summed E-state index contributed by atoms with van der Waals surface area (Å²) in [5, 5.41) is 11.7. The minimum absolute atomic E-state index is 0.0938. The summed E-state index contributed by atoms with van der Waals surface area (Å²) in [5.41, 5.74) is 0.941. The molecule has 1 N–H and O–H groups in total. The highest BCUT2D eigenvalue weighted by molar-refractivity contribution is 6.20. The second-order valence-electron chi connectivity index (χ2n) is 4.19. The van der Waals surface area contributed by atoms with Gasteiger partial charge in [0, 0.05) is 11.8 Å². The number of rotatable bonds is 3. The van der Waals surface area contributed by atoms with Crippen molar-refractivity contribution in [1.29, 1.82) is 5.26 Å². The van der Waals surface area contributed by atoms with Crippen LogP contribution in [0.25, 0.3) is 0 Å². The molecule has 0 bridgehead atoms. The minimum atomic E-state index is -1.38. The fourth-order valence-electron chi connectivity index (χ4n) is 1.69. The van der Waals surface area contributed by atoms with Gasteiger partial charge in [-0.25, -0.2) is 4.79 Å².